The highest BCUT2D eigenvalue weighted by atomic mass is 79.9. The number of aromatic hydroxyl groups is 1. The van der Waals surface area contributed by atoms with E-state index in [1.165, 1.54) is 28.6 Å². The zero-order chi connectivity index (χ0) is 23.0. The predicted octanol–water partition coefficient (Wildman–Crippen LogP) is 3.58. The van der Waals surface area contributed by atoms with Crippen molar-refractivity contribution in [3.63, 3.8) is 0 Å². The second-order valence-electron chi connectivity index (χ2n) is 6.80. The summed E-state index contributed by atoms with van der Waals surface area (Å²) in [5, 5.41) is 30.2. The second kappa shape index (κ2) is 8.79. The number of hydrogen-bond donors (Lipinski definition) is 3. The molecule has 2 aromatic carbocycles. The monoisotopic (exact) mass is 520 g/mol. The summed E-state index contributed by atoms with van der Waals surface area (Å²) < 4.78 is 7.72. The summed E-state index contributed by atoms with van der Waals surface area (Å²) >= 11 is 4.80. The molecular formula is C20H19BrN5O5S+. The Labute approximate surface area is 194 Å². The second-order valence-corrected chi connectivity index (χ2v) is 8.97. The number of rotatable bonds is 6. The maximum Gasteiger partial charge on any atom is 0.325 e. The van der Waals surface area contributed by atoms with Gasteiger partial charge in [0.15, 0.2) is 5.75 Å². The third kappa shape index (κ3) is 3.91. The molecular weight excluding hydrogens is 502 g/mol. The molecule has 4 rings (SSSR count). The SMILES string of the molecule is CCOc1cc([C@@H]2Nc3ccc(Br)cc3-c3c(=O)[nH]c(SCC)n[n+]32)cc([N+](=O)[O-])c1O. The number of H-pyrrole nitrogens is 1. The average molecular weight is 521 g/mol. The Morgan fingerprint density at radius 2 is 2.12 bits per heavy atom. The van der Waals surface area contributed by atoms with E-state index in [2.05, 4.69) is 31.3 Å². The van der Waals surface area contributed by atoms with Gasteiger partial charge in [0.25, 0.3) is 6.17 Å². The molecule has 0 unspecified atom stereocenters. The number of nitrogens with zero attached hydrogens (tertiary/aromatic N) is 3. The van der Waals surface area contributed by atoms with E-state index in [4.69, 9.17) is 4.74 Å². The molecule has 1 aromatic heterocycles. The summed E-state index contributed by atoms with van der Waals surface area (Å²) in [5.74, 6) is 0.129. The Morgan fingerprint density at radius 3 is 2.81 bits per heavy atom. The molecule has 12 heteroatoms. The fourth-order valence-corrected chi connectivity index (χ4v) is 4.46. The molecule has 0 radical (unpaired) electrons. The van der Waals surface area contributed by atoms with Crippen LogP contribution < -0.4 is 20.3 Å². The van der Waals surface area contributed by atoms with Crippen LogP contribution in [0.1, 0.15) is 25.6 Å². The van der Waals surface area contributed by atoms with Gasteiger partial charge in [0.05, 0.1) is 28.3 Å². The number of fused-ring (bicyclic) bond motifs is 3. The molecule has 0 aliphatic carbocycles. The highest BCUT2D eigenvalue weighted by molar-refractivity contribution is 9.10. The molecule has 0 spiro atoms. The first-order valence-electron chi connectivity index (χ1n) is 9.73. The number of ether oxygens (including phenoxy) is 1. The molecule has 1 aliphatic rings. The zero-order valence-corrected chi connectivity index (χ0v) is 19.5. The minimum absolute atomic E-state index is 0.0183. The number of nitro groups is 1. The van der Waals surface area contributed by atoms with Crippen molar-refractivity contribution in [2.24, 2.45) is 0 Å². The van der Waals surface area contributed by atoms with Crippen LogP contribution in [0.4, 0.5) is 11.4 Å². The third-order valence-corrected chi connectivity index (χ3v) is 6.05. The highest BCUT2D eigenvalue weighted by Crippen LogP contribution is 2.40. The lowest BCUT2D eigenvalue weighted by molar-refractivity contribution is -0.759. The van der Waals surface area contributed by atoms with Crippen molar-refractivity contribution < 1.29 is 19.4 Å². The molecule has 1 aliphatic heterocycles. The molecule has 3 aromatic rings. The Kier molecular flexibility index (Phi) is 6.07. The number of thioether (sulfide) groups is 1. The normalized spacial score (nSPS) is 14.3. The van der Waals surface area contributed by atoms with Crippen molar-refractivity contribution in [1.29, 1.82) is 0 Å². The Balaban J connectivity index is 1.98. The number of hydrogen-bond acceptors (Lipinski definition) is 8. The van der Waals surface area contributed by atoms with Crippen LogP contribution in [0.2, 0.25) is 0 Å². The zero-order valence-electron chi connectivity index (χ0n) is 17.1. The molecule has 1 atom stereocenters. The van der Waals surface area contributed by atoms with Gasteiger partial charge in [0, 0.05) is 15.6 Å². The summed E-state index contributed by atoms with van der Waals surface area (Å²) in [6.45, 7) is 3.86. The summed E-state index contributed by atoms with van der Waals surface area (Å²) in [4.78, 5) is 26.8. The van der Waals surface area contributed by atoms with E-state index >= 15 is 0 Å². The van der Waals surface area contributed by atoms with E-state index in [9.17, 15) is 20.0 Å². The maximum atomic E-state index is 13.1. The van der Waals surface area contributed by atoms with Crippen LogP contribution in [0.15, 0.2) is 44.8 Å². The number of aromatic amines is 1. The first-order valence-corrected chi connectivity index (χ1v) is 11.5. The van der Waals surface area contributed by atoms with Gasteiger partial charge < -0.3 is 15.2 Å². The molecule has 2 heterocycles. The van der Waals surface area contributed by atoms with E-state index in [0.717, 1.165) is 4.47 Å². The van der Waals surface area contributed by atoms with Crippen LogP contribution in [0.3, 0.4) is 0 Å². The van der Waals surface area contributed by atoms with Crippen molar-refractivity contribution in [2.45, 2.75) is 25.2 Å². The number of phenolic OH excluding ortho intramolecular Hbond substituents is 1. The molecule has 0 bridgehead atoms. The first kappa shape index (κ1) is 22.1. The van der Waals surface area contributed by atoms with Crippen LogP contribution in [-0.2, 0) is 0 Å². The minimum Gasteiger partial charge on any atom is -0.500 e. The van der Waals surface area contributed by atoms with Gasteiger partial charge in [-0.15, -0.1) is 0 Å². The van der Waals surface area contributed by atoms with Gasteiger partial charge in [-0.25, -0.2) is 0 Å². The summed E-state index contributed by atoms with van der Waals surface area (Å²) in [6, 6.07) is 8.21. The molecule has 10 nitrogen and oxygen atoms in total. The Bertz CT molecular complexity index is 1280. The van der Waals surface area contributed by atoms with Crippen LogP contribution in [0, 0.1) is 10.1 Å². The standard InChI is InChI=1S/C20H18BrN5O5S/c1-3-31-15-8-10(7-14(17(15)27)26(29)30)18-22-13-6-5-11(21)9-12(13)16-19(28)23-20(32-4-2)24-25(16)18/h5-9,18H,3-4H2,1-2H3,(H2,23,24,27,28)/p+1/t18-/m1/s1. The predicted molar refractivity (Wildman–Crippen MR) is 122 cm³/mol. The van der Waals surface area contributed by atoms with Gasteiger partial charge in [0.1, 0.15) is 0 Å². The van der Waals surface area contributed by atoms with Crippen molar-refractivity contribution in [1.82, 2.24) is 10.1 Å². The maximum absolute atomic E-state index is 13.1. The molecule has 0 saturated carbocycles. The van der Waals surface area contributed by atoms with E-state index < -0.39 is 22.5 Å². The van der Waals surface area contributed by atoms with Crippen molar-refractivity contribution in [3.8, 4) is 22.8 Å². The summed E-state index contributed by atoms with van der Waals surface area (Å²) in [6.07, 6.45) is -0.754. The molecule has 3 N–H and O–H groups in total. The van der Waals surface area contributed by atoms with E-state index in [1.807, 2.05) is 19.1 Å². The smallest absolute Gasteiger partial charge is 0.325 e. The number of nitro benzene ring substituents is 1. The fourth-order valence-electron chi connectivity index (χ4n) is 3.52. The lowest BCUT2D eigenvalue weighted by Crippen LogP contribution is -2.55. The molecule has 32 heavy (non-hydrogen) atoms. The number of aromatic nitrogens is 3. The van der Waals surface area contributed by atoms with E-state index in [1.54, 1.807) is 13.0 Å². The van der Waals surface area contributed by atoms with Crippen LogP contribution in [-0.4, -0.2) is 32.5 Å². The lowest BCUT2D eigenvalue weighted by atomic mass is 10.0. The molecule has 0 fully saturated rings. The van der Waals surface area contributed by atoms with Gasteiger partial charge in [-0.3, -0.25) is 19.9 Å². The van der Waals surface area contributed by atoms with Crippen LogP contribution >= 0.6 is 27.7 Å². The lowest BCUT2D eigenvalue weighted by Gasteiger charge is -2.23. The Hall–Kier alpha value is -3.12. The fraction of sp³-hybridized carbons (Fsp3) is 0.250. The molecule has 166 valence electrons. The number of benzene rings is 2. The van der Waals surface area contributed by atoms with Crippen molar-refractivity contribution in [3.05, 3.63) is 60.8 Å². The number of anilines is 1. The van der Waals surface area contributed by atoms with Crippen molar-refractivity contribution >= 4 is 39.1 Å². The van der Waals surface area contributed by atoms with Crippen LogP contribution in [0.5, 0.6) is 11.5 Å². The summed E-state index contributed by atoms with van der Waals surface area (Å²) in [5.41, 5.74) is 1.18. The Morgan fingerprint density at radius 1 is 1.34 bits per heavy atom. The number of halogens is 1. The minimum atomic E-state index is -0.754. The van der Waals surface area contributed by atoms with E-state index in [-0.39, 0.29) is 17.9 Å². The number of nitrogens with one attached hydrogen (secondary N) is 2. The third-order valence-electron chi connectivity index (χ3n) is 4.81. The van der Waals surface area contributed by atoms with Gasteiger partial charge in [-0.2, -0.15) is 0 Å². The largest absolute Gasteiger partial charge is 0.500 e. The molecule has 0 amide bonds. The van der Waals surface area contributed by atoms with Gasteiger partial charge >= 0.3 is 16.9 Å². The number of phenols is 1. The molecule has 0 saturated heterocycles. The van der Waals surface area contributed by atoms with E-state index in [0.29, 0.717) is 33.4 Å². The average Bonchev–Trinajstić information content (AvgIpc) is 2.74. The van der Waals surface area contributed by atoms with Crippen LogP contribution in [0.25, 0.3) is 11.3 Å². The van der Waals surface area contributed by atoms with Gasteiger partial charge in [-0.1, -0.05) is 34.6 Å². The topological polar surface area (TPSA) is 134 Å². The first-order chi connectivity index (χ1) is 15.3. The van der Waals surface area contributed by atoms with Crippen molar-refractivity contribution in [2.75, 3.05) is 17.7 Å². The highest BCUT2D eigenvalue weighted by Gasteiger charge is 2.39. The van der Waals surface area contributed by atoms with Gasteiger partial charge in [-0.05, 0) is 41.6 Å². The summed E-state index contributed by atoms with van der Waals surface area (Å²) in [7, 11) is 0. The van der Waals surface area contributed by atoms with Gasteiger partial charge in [0.2, 0.25) is 10.9 Å². The quantitative estimate of drug-likeness (QED) is 0.194.